The number of carbonyl (C=O) groups excluding carboxylic acids is 1. The molecule has 1 atom stereocenters. The van der Waals surface area contributed by atoms with Crippen molar-refractivity contribution in [3.8, 4) is 0 Å². The molecule has 0 N–H and O–H groups in total. The molecule has 0 saturated carbocycles. The molecule has 1 aromatic rings. The monoisotopic (exact) mass is 278 g/mol. The molecule has 0 aromatic carbocycles. The Hall–Kier alpha value is -1.36. The van der Waals surface area contributed by atoms with Gasteiger partial charge in [0.05, 0.1) is 12.6 Å². The molecular weight excluding hydrogens is 252 g/mol. The third kappa shape index (κ3) is 4.07. The Bertz CT molecular complexity index is 404. The lowest BCUT2D eigenvalue weighted by molar-refractivity contribution is -0.132. The topological polar surface area (TPSA) is 41.4 Å². The lowest BCUT2D eigenvalue weighted by Gasteiger charge is -2.26. The second-order valence-electron chi connectivity index (χ2n) is 5.66. The Morgan fingerprint density at radius 1 is 1.45 bits per heavy atom. The van der Waals surface area contributed by atoms with Crippen molar-refractivity contribution in [2.45, 2.75) is 45.2 Å². The van der Waals surface area contributed by atoms with Gasteiger partial charge in [-0.1, -0.05) is 6.92 Å². The molecule has 1 aliphatic heterocycles. The molecule has 2 heterocycles. The maximum absolute atomic E-state index is 12.4. The van der Waals surface area contributed by atoms with Gasteiger partial charge in [0.2, 0.25) is 5.91 Å². The van der Waals surface area contributed by atoms with Gasteiger partial charge in [0.1, 0.15) is 0 Å². The quantitative estimate of drug-likeness (QED) is 0.761. The highest BCUT2D eigenvalue weighted by Crippen LogP contribution is 2.19. The van der Waals surface area contributed by atoms with Crippen LogP contribution in [0.4, 0.5) is 0 Å². The molecule has 20 heavy (non-hydrogen) atoms. The summed E-state index contributed by atoms with van der Waals surface area (Å²) in [5.41, 5.74) is 0. The Labute approximate surface area is 121 Å². The van der Waals surface area contributed by atoms with Gasteiger partial charge in [-0.2, -0.15) is 5.10 Å². The van der Waals surface area contributed by atoms with Crippen LogP contribution in [0.5, 0.6) is 0 Å². The zero-order valence-corrected chi connectivity index (χ0v) is 12.7. The van der Waals surface area contributed by atoms with Crippen LogP contribution in [0, 0.1) is 0 Å². The molecule has 1 saturated heterocycles. The SMILES string of the molecule is CCCN(C)CCC(=O)N1CCC[C@@H]1Cn1cccn1. The fraction of sp³-hybridized carbons (Fsp3) is 0.733. The number of hydrogen-bond acceptors (Lipinski definition) is 3. The van der Waals surface area contributed by atoms with Crippen molar-refractivity contribution in [1.29, 1.82) is 0 Å². The summed E-state index contributed by atoms with van der Waals surface area (Å²) < 4.78 is 1.93. The van der Waals surface area contributed by atoms with Gasteiger partial charge in [-0.3, -0.25) is 9.48 Å². The fourth-order valence-electron chi connectivity index (χ4n) is 2.90. The van der Waals surface area contributed by atoms with E-state index in [0.717, 1.165) is 45.4 Å². The zero-order valence-electron chi connectivity index (χ0n) is 12.7. The first-order valence-corrected chi connectivity index (χ1v) is 7.66. The second-order valence-corrected chi connectivity index (χ2v) is 5.66. The zero-order chi connectivity index (χ0) is 14.4. The van der Waals surface area contributed by atoms with Crippen LogP contribution in [-0.4, -0.2) is 58.2 Å². The van der Waals surface area contributed by atoms with E-state index in [9.17, 15) is 4.79 Å². The molecular formula is C15H26N4O. The Morgan fingerprint density at radius 2 is 2.30 bits per heavy atom. The highest BCUT2D eigenvalue weighted by Gasteiger charge is 2.28. The van der Waals surface area contributed by atoms with E-state index in [-0.39, 0.29) is 0 Å². The number of aromatic nitrogens is 2. The van der Waals surface area contributed by atoms with Gasteiger partial charge in [0, 0.05) is 31.9 Å². The van der Waals surface area contributed by atoms with Gasteiger partial charge in [0.25, 0.3) is 0 Å². The summed E-state index contributed by atoms with van der Waals surface area (Å²) >= 11 is 0. The number of nitrogens with zero attached hydrogens (tertiary/aromatic N) is 4. The van der Waals surface area contributed by atoms with Crippen LogP contribution < -0.4 is 0 Å². The Balaban J connectivity index is 1.82. The molecule has 1 aliphatic rings. The summed E-state index contributed by atoms with van der Waals surface area (Å²) in [7, 11) is 2.09. The van der Waals surface area contributed by atoms with E-state index >= 15 is 0 Å². The first-order chi connectivity index (χ1) is 9.70. The minimum atomic E-state index is 0.294. The van der Waals surface area contributed by atoms with E-state index in [2.05, 4.69) is 28.9 Å². The molecule has 112 valence electrons. The molecule has 0 unspecified atom stereocenters. The predicted molar refractivity (Wildman–Crippen MR) is 79.4 cm³/mol. The van der Waals surface area contributed by atoms with E-state index in [1.165, 1.54) is 0 Å². The molecule has 1 amide bonds. The van der Waals surface area contributed by atoms with Crippen molar-refractivity contribution in [1.82, 2.24) is 19.6 Å². The van der Waals surface area contributed by atoms with E-state index in [0.29, 0.717) is 18.4 Å². The summed E-state index contributed by atoms with van der Waals surface area (Å²) in [6.07, 6.45) is 7.73. The number of hydrogen-bond donors (Lipinski definition) is 0. The van der Waals surface area contributed by atoms with Gasteiger partial charge in [0.15, 0.2) is 0 Å². The third-order valence-corrected chi connectivity index (χ3v) is 3.97. The summed E-state index contributed by atoms with van der Waals surface area (Å²) in [6, 6.07) is 2.25. The van der Waals surface area contributed by atoms with Crippen LogP contribution in [0.2, 0.25) is 0 Å². The van der Waals surface area contributed by atoms with Crippen LogP contribution >= 0.6 is 0 Å². The van der Waals surface area contributed by atoms with Crippen LogP contribution in [0.15, 0.2) is 18.5 Å². The molecule has 0 aliphatic carbocycles. The highest BCUT2D eigenvalue weighted by atomic mass is 16.2. The number of amides is 1. The summed E-state index contributed by atoms with van der Waals surface area (Å²) in [4.78, 5) is 16.7. The normalized spacial score (nSPS) is 18.9. The lowest BCUT2D eigenvalue weighted by atomic mass is 10.2. The maximum atomic E-state index is 12.4. The van der Waals surface area contributed by atoms with Gasteiger partial charge in [-0.25, -0.2) is 0 Å². The van der Waals surface area contributed by atoms with Crippen molar-refractivity contribution in [2.24, 2.45) is 0 Å². The van der Waals surface area contributed by atoms with Crippen molar-refractivity contribution in [3.63, 3.8) is 0 Å². The molecule has 1 aromatic heterocycles. The standard InChI is InChI=1S/C15H26N4O/c1-3-9-17(2)12-7-15(20)19-11-4-6-14(19)13-18-10-5-8-16-18/h5,8,10,14H,3-4,6-7,9,11-13H2,1-2H3/t14-/m1/s1. The van der Waals surface area contributed by atoms with E-state index < -0.39 is 0 Å². The van der Waals surface area contributed by atoms with Gasteiger partial charge in [-0.05, 0) is 38.9 Å². The predicted octanol–water partition coefficient (Wildman–Crippen LogP) is 1.61. The van der Waals surface area contributed by atoms with Crippen LogP contribution in [-0.2, 0) is 11.3 Å². The largest absolute Gasteiger partial charge is 0.338 e. The summed E-state index contributed by atoms with van der Waals surface area (Å²) in [6.45, 7) is 5.81. The average Bonchev–Trinajstić information content (AvgIpc) is 3.08. The molecule has 1 fully saturated rings. The maximum Gasteiger partial charge on any atom is 0.224 e. The van der Waals surface area contributed by atoms with Crippen molar-refractivity contribution in [2.75, 3.05) is 26.7 Å². The highest BCUT2D eigenvalue weighted by molar-refractivity contribution is 5.77. The summed E-state index contributed by atoms with van der Waals surface area (Å²) in [5.74, 6) is 0.294. The first kappa shape index (κ1) is 15.0. The summed E-state index contributed by atoms with van der Waals surface area (Å²) in [5, 5.41) is 4.24. The molecule has 5 nitrogen and oxygen atoms in total. The van der Waals surface area contributed by atoms with Crippen molar-refractivity contribution in [3.05, 3.63) is 18.5 Å². The third-order valence-electron chi connectivity index (χ3n) is 3.97. The molecule has 2 rings (SSSR count). The minimum absolute atomic E-state index is 0.294. The Morgan fingerprint density at radius 3 is 3.00 bits per heavy atom. The van der Waals surface area contributed by atoms with Crippen molar-refractivity contribution >= 4 is 5.91 Å². The lowest BCUT2D eigenvalue weighted by Crippen LogP contribution is -2.39. The second kappa shape index (κ2) is 7.43. The average molecular weight is 278 g/mol. The number of carbonyl (C=O) groups is 1. The van der Waals surface area contributed by atoms with Crippen LogP contribution in [0.25, 0.3) is 0 Å². The van der Waals surface area contributed by atoms with Crippen LogP contribution in [0.3, 0.4) is 0 Å². The molecule has 5 heteroatoms. The van der Waals surface area contributed by atoms with Gasteiger partial charge < -0.3 is 9.80 Å². The minimum Gasteiger partial charge on any atom is -0.338 e. The smallest absolute Gasteiger partial charge is 0.224 e. The van der Waals surface area contributed by atoms with E-state index in [4.69, 9.17) is 0 Å². The van der Waals surface area contributed by atoms with E-state index in [1.54, 1.807) is 6.20 Å². The Kier molecular flexibility index (Phi) is 5.59. The molecule has 0 spiro atoms. The van der Waals surface area contributed by atoms with E-state index in [1.807, 2.05) is 16.9 Å². The van der Waals surface area contributed by atoms with Crippen molar-refractivity contribution < 1.29 is 4.79 Å². The van der Waals surface area contributed by atoms with Crippen LogP contribution in [0.1, 0.15) is 32.6 Å². The van der Waals surface area contributed by atoms with Gasteiger partial charge >= 0.3 is 0 Å². The number of likely N-dealkylation sites (tertiary alicyclic amines) is 1. The first-order valence-electron chi connectivity index (χ1n) is 7.66. The number of rotatable bonds is 7. The van der Waals surface area contributed by atoms with Gasteiger partial charge in [-0.15, -0.1) is 0 Å². The molecule has 0 bridgehead atoms. The fourth-order valence-corrected chi connectivity index (χ4v) is 2.90. The molecule has 0 radical (unpaired) electrons.